The Balaban J connectivity index is 2.22. The van der Waals surface area contributed by atoms with E-state index < -0.39 is 17.6 Å². The molecule has 3 N–H and O–H groups in total. The first-order chi connectivity index (χ1) is 10.8. The molecule has 1 aliphatic rings. The molecule has 1 unspecified atom stereocenters. The molecule has 0 saturated heterocycles. The van der Waals surface area contributed by atoms with Crippen molar-refractivity contribution in [2.24, 2.45) is 5.73 Å². The summed E-state index contributed by atoms with van der Waals surface area (Å²) in [5.74, 6) is 3.05. The lowest BCUT2D eigenvalue weighted by molar-refractivity contribution is -0.0394. The molecule has 0 bridgehead atoms. The normalized spacial score (nSPS) is 16.5. The highest BCUT2D eigenvalue weighted by atomic mass is 16.5. The zero-order valence-corrected chi connectivity index (χ0v) is 12.9. The van der Waals surface area contributed by atoms with Crippen molar-refractivity contribution < 1.29 is 14.6 Å². The quantitative estimate of drug-likeness (QED) is 0.814. The van der Waals surface area contributed by atoms with E-state index in [1.807, 2.05) is 0 Å². The van der Waals surface area contributed by atoms with E-state index in [1.54, 1.807) is 42.8 Å². The number of nitrogens with zero attached hydrogens (tertiary/aromatic N) is 2. The van der Waals surface area contributed by atoms with Crippen molar-refractivity contribution in [2.75, 3.05) is 0 Å². The fourth-order valence-corrected chi connectivity index (χ4v) is 2.52. The molecule has 1 aliphatic heterocycles. The van der Waals surface area contributed by atoms with Crippen LogP contribution in [0.2, 0.25) is 0 Å². The van der Waals surface area contributed by atoms with Gasteiger partial charge in [0.1, 0.15) is 23.4 Å². The zero-order chi connectivity index (χ0) is 16.8. The van der Waals surface area contributed by atoms with Crippen molar-refractivity contribution >= 4 is 5.91 Å². The van der Waals surface area contributed by atoms with Crippen LogP contribution in [0.4, 0.5) is 0 Å². The molecule has 23 heavy (non-hydrogen) atoms. The summed E-state index contributed by atoms with van der Waals surface area (Å²) in [5.41, 5.74) is 5.75. The Kier molecular flexibility index (Phi) is 3.38. The summed E-state index contributed by atoms with van der Waals surface area (Å²) in [6.07, 6.45) is 6.51. The van der Waals surface area contributed by atoms with Gasteiger partial charge in [-0.05, 0) is 32.0 Å². The standard InChI is InChI=1S/C17H17N3O3/c1-4-10-5-6-13-11(7-10)16-19-12(15(18)21)8-20(16)9-14(23-13)17(2,3)22/h1,5-8,14,22H,9H2,2-3H3,(H2,18,21). The van der Waals surface area contributed by atoms with Crippen LogP contribution in [0.25, 0.3) is 11.4 Å². The predicted molar refractivity (Wildman–Crippen MR) is 84.8 cm³/mol. The smallest absolute Gasteiger partial charge is 0.268 e. The minimum Gasteiger partial charge on any atom is -0.485 e. The molecule has 0 saturated carbocycles. The molecule has 0 radical (unpaired) electrons. The van der Waals surface area contributed by atoms with Crippen LogP contribution < -0.4 is 10.5 Å². The predicted octanol–water partition coefficient (Wildman–Crippen LogP) is 1.16. The van der Waals surface area contributed by atoms with Gasteiger partial charge in [0.15, 0.2) is 0 Å². The van der Waals surface area contributed by atoms with Gasteiger partial charge in [-0.1, -0.05) is 5.92 Å². The highest BCUT2D eigenvalue weighted by molar-refractivity contribution is 5.91. The summed E-state index contributed by atoms with van der Waals surface area (Å²) < 4.78 is 7.73. The molecule has 1 aromatic heterocycles. The highest BCUT2D eigenvalue weighted by Crippen LogP contribution is 2.36. The molecule has 1 aromatic carbocycles. The molecule has 0 spiro atoms. The van der Waals surface area contributed by atoms with E-state index >= 15 is 0 Å². The molecule has 6 nitrogen and oxygen atoms in total. The van der Waals surface area contributed by atoms with Gasteiger partial charge >= 0.3 is 0 Å². The van der Waals surface area contributed by atoms with Crippen LogP contribution in [0, 0.1) is 12.3 Å². The molecule has 1 amide bonds. The fraction of sp³-hybridized carbons (Fsp3) is 0.294. The molecule has 3 rings (SSSR count). The van der Waals surface area contributed by atoms with E-state index in [0.717, 1.165) is 0 Å². The lowest BCUT2D eigenvalue weighted by Gasteiger charge is -2.29. The average Bonchev–Trinajstić information content (AvgIpc) is 2.83. The second-order valence-corrected chi connectivity index (χ2v) is 6.08. The van der Waals surface area contributed by atoms with Gasteiger partial charge in [-0.2, -0.15) is 0 Å². The van der Waals surface area contributed by atoms with Crippen LogP contribution >= 0.6 is 0 Å². The SMILES string of the molecule is C#Cc1ccc2c(c1)-c1nc(C(N)=O)cn1CC(C(C)(C)O)O2. The van der Waals surface area contributed by atoms with Crippen molar-refractivity contribution in [3.05, 3.63) is 35.7 Å². The number of ether oxygens (including phenoxy) is 1. The van der Waals surface area contributed by atoms with Crippen molar-refractivity contribution in [3.63, 3.8) is 0 Å². The monoisotopic (exact) mass is 311 g/mol. The Labute approximate surface area is 133 Å². The molecule has 2 aromatic rings. The number of rotatable bonds is 2. The number of aromatic nitrogens is 2. The van der Waals surface area contributed by atoms with E-state index in [-0.39, 0.29) is 5.69 Å². The number of hydrogen-bond donors (Lipinski definition) is 2. The van der Waals surface area contributed by atoms with Crippen LogP contribution in [0.5, 0.6) is 5.75 Å². The molecular weight excluding hydrogens is 294 g/mol. The van der Waals surface area contributed by atoms with E-state index in [4.69, 9.17) is 16.9 Å². The van der Waals surface area contributed by atoms with Crippen molar-refractivity contribution in [2.45, 2.75) is 32.1 Å². The van der Waals surface area contributed by atoms with Crippen LogP contribution in [0.15, 0.2) is 24.4 Å². The number of amides is 1. The largest absolute Gasteiger partial charge is 0.485 e. The number of nitrogens with two attached hydrogens (primary N) is 1. The second kappa shape index (κ2) is 5.14. The number of aliphatic hydroxyl groups is 1. The number of hydrogen-bond acceptors (Lipinski definition) is 4. The Morgan fingerprint density at radius 2 is 2.30 bits per heavy atom. The van der Waals surface area contributed by atoms with E-state index in [1.165, 1.54) is 0 Å². The Morgan fingerprint density at radius 1 is 1.57 bits per heavy atom. The maximum absolute atomic E-state index is 11.5. The Morgan fingerprint density at radius 3 is 2.91 bits per heavy atom. The number of primary amides is 1. The minimum atomic E-state index is -1.08. The van der Waals surface area contributed by atoms with Crippen LogP contribution in [0.1, 0.15) is 29.9 Å². The fourth-order valence-electron chi connectivity index (χ4n) is 2.52. The number of carbonyl (C=O) groups is 1. The molecule has 118 valence electrons. The van der Waals surface area contributed by atoms with E-state index in [0.29, 0.717) is 29.2 Å². The van der Waals surface area contributed by atoms with Gasteiger partial charge in [0.05, 0.1) is 17.7 Å². The molecule has 6 heteroatoms. The first kappa shape index (κ1) is 15.1. The number of terminal acetylenes is 1. The van der Waals surface area contributed by atoms with Gasteiger partial charge in [0.2, 0.25) is 0 Å². The summed E-state index contributed by atoms with van der Waals surface area (Å²) in [6, 6.07) is 5.27. The lowest BCUT2D eigenvalue weighted by Crippen LogP contribution is -2.42. The maximum atomic E-state index is 11.5. The van der Waals surface area contributed by atoms with Crippen molar-refractivity contribution in [1.29, 1.82) is 0 Å². The van der Waals surface area contributed by atoms with Crippen LogP contribution in [-0.2, 0) is 6.54 Å². The van der Waals surface area contributed by atoms with Crippen molar-refractivity contribution in [1.82, 2.24) is 9.55 Å². The summed E-state index contributed by atoms with van der Waals surface area (Å²) in [4.78, 5) is 15.8. The van der Waals surface area contributed by atoms with Gasteiger partial charge in [0, 0.05) is 11.8 Å². The molecule has 0 aliphatic carbocycles. The van der Waals surface area contributed by atoms with E-state index in [9.17, 15) is 9.90 Å². The minimum absolute atomic E-state index is 0.161. The number of carbonyl (C=O) groups excluding carboxylic acids is 1. The summed E-state index contributed by atoms with van der Waals surface area (Å²) in [6.45, 7) is 3.67. The lowest BCUT2D eigenvalue weighted by atomic mass is 10.0. The summed E-state index contributed by atoms with van der Waals surface area (Å²) >= 11 is 0. The Bertz CT molecular complexity index is 825. The zero-order valence-electron chi connectivity index (χ0n) is 12.9. The topological polar surface area (TPSA) is 90.4 Å². The van der Waals surface area contributed by atoms with Gasteiger partial charge in [-0.3, -0.25) is 4.79 Å². The maximum Gasteiger partial charge on any atom is 0.268 e. The third kappa shape index (κ3) is 2.67. The first-order valence-electron chi connectivity index (χ1n) is 7.16. The van der Waals surface area contributed by atoms with Crippen molar-refractivity contribution in [3.8, 4) is 29.5 Å². The summed E-state index contributed by atoms with van der Waals surface area (Å²) in [5, 5.41) is 10.4. The van der Waals surface area contributed by atoms with Crippen LogP contribution in [0.3, 0.4) is 0 Å². The molecule has 1 atom stereocenters. The van der Waals surface area contributed by atoms with Crippen LogP contribution in [-0.4, -0.2) is 32.3 Å². The van der Waals surface area contributed by atoms with Gasteiger partial charge in [-0.25, -0.2) is 4.98 Å². The molecular formula is C17H17N3O3. The average molecular weight is 311 g/mol. The Hall–Kier alpha value is -2.78. The van der Waals surface area contributed by atoms with Gasteiger partial charge in [-0.15, -0.1) is 6.42 Å². The third-order valence-electron chi connectivity index (χ3n) is 3.84. The number of benzene rings is 1. The van der Waals surface area contributed by atoms with Gasteiger partial charge in [0.25, 0.3) is 5.91 Å². The highest BCUT2D eigenvalue weighted by Gasteiger charge is 2.34. The van der Waals surface area contributed by atoms with Gasteiger partial charge < -0.3 is 20.1 Å². The number of fused-ring (bicyclic) bond motifs is 3. The van der Waals surface area contributed by atoms with E-state index in [2.05, 4.69) is 10.9 Å². The summed E-state index contributed by atoms with van der Waals surface area (Å²) in [7, 11) is 0. The molecule has 2 heterocycles. The molecule has 0 fully saturated rings. The first-order valence-corrected chi connectivity index (χ1v) is 7.16. The second-order valence-electron chi connectivity index (χ2n) is 6.08. The third-order valence-corrected chi connectivity index (χ3v) is 3.84. The number of imidazole rings is 1.